The number of ether oxygens (including phenoxy) is 1. The number of benzene rings is 3. The minimum Gasteiger partial charge on any atom is -0.368 e. The van der Waals surface area contributed by atoms with Crippen LogP contribution in [-0.2, 0) is 4.74 Å². The maximum Gasteiger partial charge on any atom is 0.123 e. The van der Waals surface area contributed by atoms with Crippen molar-refractivity contribution >= 4 is 0 Å². The SMILES string of the molecule is Fc1ccc([CH]C[C@H]2C=C(CCOC(c3ccccc3)c3ccccc3)CCN2)cc1. The van der Waals surface area contributed by atoms with Crippen LogP contribution in [0.1, 0.15) is 42.1 Å². The van der Waals surface area contributed by atoms with E-state index in [0.717, 1.165) is 31.4 Å². The largest absolute Gasteiger partial charge is 0.368 e. The number of rotatable bonds is 9. The molecule has 1 aliphatic heterocycles. The normalized spacial score (nSPS) is 16.3. The first-order chi connectivity index (χ1) is 15.3. The van der Waals surface area contributed by atoms with Crippen LogP contribution < -0.4 is 5.32 Å². The topological polar surface area (TPSA) is 21.3 Å². The first-order valence-corrected chi connectivity index (χ1v) is 11.0. The van der Waals surface area contributed by atoms with Gasteiger partial charge in [0.05, 0.1) is 6.61 Å². The van der Waals surface area contributed by atoms with Gasteiger partial charge in [0.25, 0.3) is 0 Å². The second-order valence-corrected chi connectivity index (χ2v) is 7.95. The van der Waals surface area contributed by atoms with Crippen LogP contribution in [0.15, 0.2) is 96.6 Å². The molecule has 1 aliphatic rings. The molecule has 0 spiro atoms. The number of hydrogen-bond acceptors (Lipinski definition) is 2. The van der Waals surface area contributed by atoms with Crippen LogP contribution >= 0.6 is 0 Å². The van der Waals surface area contributed by atoms with E-state index in [2.05, 4.69) is 66.3 Å². The highest BCUT2D eigenvalue weighted by Gasteiger charge is 2.16. The molecule has 1 N–H and O–H groups in total. The zero-order valence-corrected chi connectivity index (χ0v) is 17.7. The van der Waals surface area contributed by atoms with Crippen molar-refractivity contribution in [3.05, 3.63) is 126 Å². The average molecular weight is 415 g/mol. The Balaban J connectivity index is 1.33. The summed E-state index contributed by atoms with van der Waals surface area (Å²) in [6.45, 7) is 1.67. The third-order valence-electron chi connectivity index (χ3n) is 5.68. The Morgan fingerprint density at radius 3 is 2.19 bits per heavy atom. The van der Waals surface area contributed by atoms with Gasteiger partial charge in [0.15, 0.2) is 0 Å². The van der Waals surface area contributed by atoms with Crippen molar-refractivity contribution in [1.29, 1.82) is 0 Å². The van der Waals surface area contributed by atoms with Gasteiger partial charge in [-0.3, -0.25) is 0 Å². The summed E-state index contributed by atoms with van der Waals surface area (Å²) in [6, 6.07) is 27.8. The minimum absolute atomic E-state index is 0.0488. The standard InChI is InChI=1S/C28H29FNO/c29-26-14-11-22(12-15-26)13-16-27-21-23(17-19-30-27)18-20-31-28(24-7-3-1-4-8-24)25-9-5-2-6-10-25/h1-15,21,27-28,30H,16-20H2/t27-/m0/s1. The molecule has 0 saturated carbocycles. The number of hydrogen-bond donors (Lipinski definition) is 1. The molecule has 0 unspecified atom stereocenters. The molecule has 1 radical (unpaired) electrons. The maximum absolute atomic E-state index is 13.1. The molecule has 31 heavy (non-hydrogen) atoms. The second-order valence-electron chi connectivity index (χ2n) is 7.95. The molecule has 0 aromatic heterocycles. The van der Waals surface area contributed by atoms with Crippen molar-refractivity contribution in [3.63, 3.8) is 0 Å². The van der Waals surface area contributed by atoms with Gasteiger partial charge in [0.1, 0.15) is 11.9 Å². The molecule has 0 aliphatic carbocycles. The third-order valence-corrected chi connectivity index (χ3v) is 5.68. The maximum atomic E-state index is 13.1. The summed E-state index contributed by atoms with van der Waals surface area (Å²) in [4.78, 5) is 0. The first kappa shape index (κ1) is 21.5. The van der Waals surface area contributed by atoms with Crippen LogP contribution in [0.5, 0.6) is 0 Å². The zero-order chi connectivity index (χ0) is 21.3. The average Bonchev–Trinajstić information content (AvgIpc) is 2.83. The van der Waals surface area contributed by atoms with Crippen LogP contribution in [0.4, 0.5) is 4.39 Å². The van der Waals surface area contributed by atoms with E-state index in [-0.39, 0.29) is 11.9 Å². The van der Waals surface area contributed by atoms with E-state index in [4.69, 9.17) is 4.74 Å². The third kappa shape index (κ3) is 6.36. The van der Waals surface area contributed by atoms with Crippen LogP contribution in [0, 0.1) is 12.2 Å². The van der Waals surface area contributed by atoms with Gasteiger partial charge < -0.3 is 10.1 Å². The van der Waals surface area contributed by atoms with E-state index in [9.17, 15) is 4.39 Å². The highest BCUT2D eigenvalue weighted by Crippen LogP contribution is 2.27. The second kappa shape index (κ2) is 11.0. The lowest BCUT2D eigenvalue weighted by atomic mass is 9.97. The fourth-order valence-corrected chi connectivity index (χ4v) is 4.01. The molecule has 1 heterocycles. The predicted octanol–water partition coefficient (Wildman–Crippen LogP) is 6.25. The van der Waals surface area contributed by atoms with Crippen LogP contribution in [0.3, 0.4) is 0 Å². The van der Waals surface area contributed by atoms with E-state index in [0.29, 0.717) is 12.6 Å². The van der Waals surface area contributed by atoms with Gasteiger partial charge in [0.2, 0.25) is 0 Å². The van der Waals surface area contributed by atoms with Gasteiger partial charge >= 0.3 is 0 Å². The fraction of sp³-hybridized carbons (Fsp3) is 0.250. The summed E-state index contributed by atoms with van der Waals surface area (Å²) in [5.74, 6) is -0.195. The Morgan fingerprint density at radius 1 is 0.903 bits per heavy atom. The summed E-state index contributed by atoms with van der Waals surface area (Å²) in [7, 11) is 0. The molecule has 0 bridgehead atoms. The fourth-order valence-electron chi connectivity index (χ4n) is 4.01. The van der Waals surface area contributed by atoms with Crippen LogP contribution in [0.2, 0.25) is 0 Å². The highest BCUT2D eigenvalue weighted by atomic mass is 19.1. The Hall–Kier alpha value is -2.75. The van der Waals surface area contributed by atoms with Crippen molar-refractivity contribution in [2.75, 3.05) is 13.2 Å². The van der Waals surface area contributed by atoms with Gasteiger partial charge in [-0.05, 0) is 61.1 Å². The summed E-state index contributed by atoms with van der Waals surface area (Å²) < 4.78 is 19.5. The van der Waals surface area contributed by atoms with Crippen molar-refractivity contribution in [2.45, 2.75) is 31.4 Å². The van der Waals surface area contributed by atoms with Crippen LogP contribution in [-0.4, -0.2) is 19.2 Å². The van der Waals surface area contributed by atoms with E-state index in [1.165, 1.54) is 28.8 Å². The smallest absolute Gasteiger partial charge is 0.123 e. The minimum atomic E-state index is -0.195. The Labute approximate surface area is 184 Å². The van der Waals surface area contributed by atoms with Crippen LogP contribution in [0.25, 0.3) is 0 Å². The lowest BCUT2D eigenvalue weighted by molar-refractivity contribution is 0.0820. The molecule has 3 aromatic rings. The Morgan fingerprint density at radius 2 is 1.55 bits per heavy atom. The van der Waals surface area contributed by atoms with E-state index >= 15 is 0 Å². The highest BCUT2D eigenvalue weighted by molar-refractivity contribution is 5.30. The zero-order valence-electron chi connectivity index (χ0n) is 17.7. The van der Waals surface area contributed by atoms with Gasteiger partial charge in [-0.1, -0.05) is 84.4 Å². The monoisotopic (exact) mass is 414 g/mol. The first-order valence-electron chi connectivity index (χ1n) is 11.0. The Kier molecular flexibility index (Phi) is 7.65. The van der Waals surface area contributed by atoms with Gasteiger partial charge in [0, 0.05) is 6.04 Å². The molecule has 4 rings (SSSR count). The van der Waals surface area contributed by atoms with E-state index in [1.54, 1.807) is 0 Å². The van der Waals surface area contributed by atoms with Crippen molar-refractivity contribution in [2.24, 2.45) is 0 Å². The molecule has 2 nitrogen and oxygen atoms in total. The van der Waals surface area contributed by atoms with Gasteiger partial charge in [-0.15, -0.1) is 0 Å². The molecule has 0 saturated heterocycles. The quantitative estimate of drug-likeness (QED) is 0.418. The predicted molar refractivity (Wildman–Crippen MR) is 124 cm³/mol. The lowest BCUT2D eigenvalue weighted by Crippen LogP contribution is -2.32. The molecule has 3 aromatic carbocycles. The Bertz CT molecular complexity index is 914. The van der Waals surface area contributed by atoms with Gasteiger partial charge in [-0.2, -0.15) is 0 Å². The molecule has 3 heteroatoms. The van der Waals surface area contributed by atoms with E-state index < -0.39 is 0 Å². The molecular formula is C28H29FNO. The molecular weight excluding hydrogens is 385 g/mol. The molecule has 159 valence electrons. The summed E-state index contributed by atoms with van der Waals surface area (Å²) in [5, 5.41) is 3.56. The van der Waals surface area contributed by atoms with Crippen molar-refractivity contribution < 1.29 is 9.13 Å². The summed E-state index contributed by atoms with van der Waals surface area (Å²) >= 11 is 0. The van der Waals surface area contributed by atoms with Crippen molar-refractivity contribution in [1.82, 2.24) is 5.32 Å². The molecule has 0 fully saturated rings. The van der Waals surface area contributed by atoms with Crippen molar-refractivity contribution in [3.8, 4) is 0 Å². The number of halogens is 1. The van der Waals surface area contributed by atoms with E-state index in [1.807, 2.05) is 24.3 Å². The number of nitrogens with one attached hydrogen (secondary N) is 1. The summed E-state index contributed by atoms with van der Waals surface area (Å²) in [6.07, 6.45) is 7.34. The molecule has 0 amide bonds. The molecule has 1 atom stereocenters. The lowest BCUT2D eigenvalue weighted by Gasteiger charge is -2.24. The summed E-state index contributed by atoms with van der Waals surface area (Å²) in [5.41, 5.74) is 4.86. The van der Waals surface area contributed by atoms with Gasteiger partial charge in [-0.25, -0.2) is 4.39 Å².